The number of para-hydroxylation sites is 2. The van der Waals surface area contributed by atoms with Crippen molar-refractivity contribution in [1.29, 1.82) is 0 Å². The molecule has 2 nitrogen and oxygen atoms in total. The summed E-state index contributed by atoms with van der Waals surface area (Å²) in [5.74, 6) is 0. The van der Waals surface area contributed by atoms with Gasteiger partial charge < -0.3 is 4.57 Å². The van der Waals surface area contributed by atoms with Crippen molar-refractivity contribution in [2.75, 3.05) is 0 Å². The maximum atomic E-state index is 4.82. The van der Waals surface area contributed by atoms with Crippen molar-refractivity contribution >= 4 is 32.8 Å². The van der Waals surface area contributed by atoms with E-state index in [1.807, 2.05) is 6.07 Å². The fourth-order valence-electron chi connectivity index (χ4n) is 2.99. The predicted octanol–water partition coefficient (Wildman–Crippen LogP) is 4.19. The topological polar surface area (TPSA) is 17.8 Å². The molecule has 19 heavy (non-hydrogen) atoms. The molecule has 4 rings (SSSR count). The Labute approximate surface area is 111 Å². The van der Waals surface area contributed by atoms with E-state index in [2.05, 4.69) is 61.0 Å². The van der Waals surface area contributed by atoms with Crippen LogP contribution in [0.25, 0.3) is 32.8 Å². The van der Waals surface area contributed by atoms with Gasteiger partial charge in [-0.25, -0.2) is 4.98 Å². The zero-order valence-corrected chi connectivity index (χ0v) is 11.0. The van der Waals surface area contributed by atoms with E-state index in [0.717, 1.165) is 11.2 Å². The van der Waals surface area contributed by atoms with Gasteiger partial charge in [-0.3, -0.25) is 0 Å². The summed E-state index contributed by atoms with van der Waals surface area (Å²) in [6.45, 7) is 2.15. The molecule has 0 saturated heterocycles. The summed E-state index contributed by atoms with van der Waals surface area (Å²) in [4.78, 5) is 4.82. The molecule has 2 heteroatoms. The molecular weight excluding hydrogens is 232 g/mol. The molecule has 0 aliphatic rings. The van der Waals surface area contributed by atoms with E-state index in [4.69, 9.17) is 4.98 Å². The summed E-state index contributed by atoms with van der Waals surface area (Å²) < 4.78 is 2.20. The van der Waals surface area contributed by atoms with Gasteiger partial charge in [0.2, 0.25) is 0 Å². The zero-order valence-electron chi connectivity index (χ0n) is 11.0. The molecule has 92 valence electrons. The van der Waals surface area contributed by atoms with Crippen molar-refractivity contribution in [3.8, 4) is 0 Å². The van der Waals surface area contributed by atoms with E-state index in [-0.39, 0.29) is 0 Å². The summed E-state index contributed by atoms with van der Waals surface area (Å²) in [5, 5.41) is 3.72. The minimum atomic E-state index is 1.05. The van der Waals surface area contributed by atoms with Gasteiger partial charge in [-0.15, -0.1) is 0 Å². The Hall–Kier alpha value is -2.35. The maximum absolute atomic E-state index is 4.82. The van der Waals surface area contributed by atoms with Crippen LogP contribution < -0.4 is 0 Å². The molecule has 4 aromatic rings. The van der Waals surface area contributed by atoms with Crippen molar-refractivity contribution in [3.05, 3.63) is 54.1 Å². The van der Waals surface area contributed by atoms with Gasteiger partial charge in [0.25, 0.3) is 0 Å². The summed E-state index contributed by atoms with van der Waals surface area (Å²) in [5.41, 5.74) is 4.68. The van der Waals surface area contributed by atoms with E-state index in [1.165, 1.54) is 27.2 Å². The Morgan fingerprint density at radius 3 is 2.68 bits per heavy atom. The number of fused-ring (bicyclic) bond motifs is 4. The smallest absolute Gasteiger partial charge is 0.141 e. The van der Waals surface area contributed by atoms with E-state index in [9.17, 15) is 0 Å². The van der Waals surface area contributed by atoms with Crippen molar-refractivity contribution in [3.63, 3.8) is 0 Å². The first kappa shape index (κ1) is 10.6. The molecule has 2 aromatic heterocycles. The predicted molar refractivity (Wildman–Crippen MR) is 80.5 cm³/mol. The number of pyridine rings is 1. The number of benzene rings is 2. The lowest BCUT2D eigenvalue weighted by Gasteiger charge is -2.01. The van der Waals surface area contributed by atoms with Gasteiger partial charge in [-0.1, -0.05) is 36.4 Å². The number of aryl methyl sites for hydroxylation is 2. The molecule has 2 heterocycles. The van der Waals surface area contributed by atoms with Gasteiger partial charge >= 0.3 is 0 Å². The highest BCUT2D eigenvalue weighted by atomic mass is 15.0. The average molecular weight is 246 g/mol. The van der Waals surface area contributed by atoms with Crippen LogP contribution in [0.5, 0.6) is 0 Å². The van der Waals surface area contributed by atoms with Crippen LogP contribution in [-0.2, 0) is 7.05 Å². The molecule has 0 radical (unpaired) electrons. The second-order valence-electron chi connectivity index (χ2n) is 5.08. The van der Waals surface area contributed by atoms with E-state index in [0.29, 0.717) is 0 Å². The van der Waals surface area contributed by atoms with Gasteiger partial charge in [-0.2, -0.15) is 0 Å². The lowest BCUT2D eigenvalue weighted by Crippen LogP contribution is -1.91. The minimum absolute atomic E-state index is 1.05. The number of hydrogen-bond acceptors (Lipinski definition) is 1. The molecule has 0 spiro atoms. The second-order valence-corrected chi connectivity index (χ2v) is 5.08. The number of aromatic nitrogens is 2. The molecule has 0 saturated carbocycles. The quantitative estimate of drug-likeness (QED) is 0.455. The Morgan fingerprint density at radius 1 is 0.947 bits per heavy atom. The highest BCUT2D eigenvalue weighted by molar-refractivity contribution is 6.10. The van der Waals surface area contributed by atoms with Crippen LogP contribution >= 0.6 is 0 Å². The SMILES string of the molecule is Cc1cccc2c3cc4ccccc4nc3n(C)c12. The van der Waals surface area contributed by atoms with Crippen LogP contribution in [0.15, 0.2) is 48.5 Å². The van der Waals surface area contributed by atoms with Gasteiger partial charge in [0.15, 0.2) is 0 Å². The van der Waals surface area contributed by atoms with Crippen LogP contribution in [0.1, 0.15) is 5.56 Å². The Kier molecular flexibility index (Phi) is 1.99. The summed E-state index contributed by atoms with van der Waals surface area (Å²) in [7, 11) is 2.10. The highest BCUT2D eigenvalue weighted by Crippen LogP contribution is 2.31. The number of rotatable bonds is 0. The van der Waals surface area contributed by atoms with Crippen LogP contribution in [0.4, 0.5) is 0 Å². The largest absolute Gasteiger partial charge is 0.328 e. The van der Waals surface area contributed by atoms with Crippen LogP contribution in [-0.4, -0.2) is 9.55 Å². The fourth-order valence-corrected chi connectivity index (χ4v) is 2.99. The van der Waals surface area contributed by atoms with Crippen molar-refractivity contribution < 1.29 is 0 Å². The Bertz CT molecular complexity index is 932. The van der Waals surface area contributed by atoms with E-state index < -0.39 is 0 Å². The molecule has 0 amide bonds. The van der Waals surface area contributed by atoms with Gasteiger partial charge in [0.1, 0.15) is 5.65 Å². The summed E-state index contributed by atoms with van der Waals surface area (Å²) in [6.07, 6.45) is 0. The lowest BCUT2D eigenvalue weighted by molar-refractivity contribution is 0.989. The molecular formula is C17H14N2. The normalized spacial score (nSPS) is 11.7. The average Bonchev–Trinajstić information content (AvgIpc) is 2.71. The fraction of sp³-hybridized carbons (Fsp3) is 0.118. The molecule has 0 aliphatic carbocycles. The van der Waals surface area contributed by atoms with E-state index >= 15 is 0 Å². The van der Waals surface area contributed by atoms with Crippen molar-refractivity contribution in [1.82, 2.24) is 9.55 Å². The molecule has 0 unspecified atom stereocenters. The third-order valence-electron chi connectivity index (χ3n) is 3.88. The first-order valence-corrected chi connectivity index (χ1v) is 6.49. The third kappa shape index (κ3) is 1.34. The van der Waals surface area contributed by atoms with Gasteiger partial charge in [0.05, 0.1) is 11.0 Å². The molecule has 2 aromatic carbocycles. The van der Waals surface area contributed by atoms with Gasteiger partial charge in [0, 0.05) is 23.2 Å². The Balaban J connectivity index is 2.33. The van der Waals surface area contributed by atoms with Crippen LogP contribution in [0.2, 0.25) is 0 Å². The third-order valence-corrected chi connectivity index (χ3v) is 3.88. The van der Waals surface area contributed by atoms with Gasteiger partial charge in [-0.05, 0) is 24.6 Å². The number of hydrogen-bond donors (Lipinski definition) is 0. The molecule has 0 N–H and O–H groups in total. The van der Waals surface area contributed by atoms with Crippen molar-refractivity contribution in [2.24, 2.45) is 7.05 Å². The first-order chi connectivity index (χ1) is 9.25. The summed E-state index contributed by atoms with van der Waals surface area (Å²) in [6, 6.07) is 17.0. The van der Waals surface area contributed by atoms with Crippen LogP contribution in [0.3, 0.4) is 0 Å². The highest BCUT2D eigenvalue weighted by Gasteiger charge is 2.11. The first-order valence-electron chi connectivity index (χ1n) is 6.49. The van der Waals surface area contributed by atoms with Crippen molar-refractivity contribution in [2.45, 2.75) is 6.92 Å². The lowest BCUT2D eigenvalue weighted by atomic mass is 10.1. The maximum Gasteiger partial charge on any atom is 0.141 e. The number of nitrogens with zero attached hydrogens (tertiary/aromatic N) is 2. The van der Waals surface area contributed by atoms with Crippen LogP contribution in [0, 0.1) is 6.92 Å². The molecule has 0 aliphatic heterocycles. The molecule has 0 atom stereocenters. The molecule has 0 fully saturated rings. The monoisotopic (exact) mass is 246 g/mol. The minimum Gasteiger partial charge on any atom is -0.328 e. The Morgan fingerprint density at radius 2 is 1.79 bits per heavy atom. The summed E-state index contributed by atoms with van der Waals surface area (Å²) >= 11 is 0. The molecule has 0 bridgehead atoms. The second kappa shape index (κ2) is 3.58. The van der Waals surface area contributed by atoms with E-state index in [1.54, 1.807) is 0 Å². The zero-order chi connectivity index (χ0) is 13.0. The standard InChI is InChI=1S/C17H14N2/c1-11-6-5-8-13-14-10-12-7-3-4-9-15(12)18-17(14)19(2)16(11)13/h3-10H,1-2H3.